The molecule has 2 rings (SSSR count). The zero-order chi connectivity index (χ0) is 22.3. The number of amides is 2. The minimum Gasteiger partial charge on any atom is -0.406 e. The summed E-state index contributed by atoms with van der Waals surface area (Å²) >= 11 is 1.17. The summed E-state index contributed by atoms with van der Waals surface area (Å²) in [7, 11) is 0. The number of aromatic nitrogens is 3. The van der Waals surface area contributed by atoms with Gasteiger partial charge >= 0.3 is 6.36 Å². The predicted molar refractivity (Wildman–Crippen MR) is 105 cm³/mol. The van der Waals surface area contributed by atoms with Crippen LogP contribution in [0, 0.1) is 5.92 Å². The minimum absolute atomic E-state index is 0.0207. The molecule has 30 heavy (non-hydrogen) atoms. The molecule has 0 radical (unpaired) electrons. The smallest absolute Gasteiger partial charge is 0.406 e. The van der Waals surface area contributed by atoms with Gasteiger partial charge in [0.2, 0.25) is 11.8 Å². The van der Waals surface area contributed by atoms with Crippen molar-refractivity contribution < 1.29 is 27.5 Å². The SMILES string of the molecule is CC(C)Cn1c(CCC(N)=O)nnc1SCC(=O)Nc1ccc(OC(F)(F)F)cc1. The van der Waals surface area contributed by atoms with E-state index in [0.717, 1.165) is 12.1 Å². The zero-order valence-corrected chi connectivity index (χ0v) is 17.2. The molecule has 0 bridgehead atoms. The highest BCUT2D eigenvalue weighted by molar-refractivity contribution is 7.99. The van der Waals surface area contributed by atoms with Crippen LogP contribution in [-0.4, -0.2) is 38.7 Å². The number of hydrogen-bond acceptors (Lipinski definition) is 6. The van der Waals surface area contributed by atoms with Crippen LogP contribution in [0.4, 0.5) is 18.9 Å². The van der Waals surface area contributed by atoms with Crippen LogP contribution in [0.2, 0.25) is 0 Å². The Morgan fingerprint density at radius 2 is 1.90 bits per heavy atom. The fraction of sp³-hybridized carbons (Fsp3) is 0.444. The van der Waals surface area contributed by atoms with E-state index in [9.17, 15) is 22.8 Å². The summed E-state index contributed by atoms with van der Waals surface area (Å²) in [6.45, 7) is 4.65. The first kappa shape index (κ1) is 23.5. The fourth-order valence-electron chi connectivity index (χ4n) is 2.46. The van der Waals surface area contributed by atoms with Gasteiger partial charge in [0.05, 0.1) is 5.75 Å². The van der Waals surface area contributed by atoms with Crippen LogP contribution < -0.4 is 15.8 Å². The highest BCUT2D eigenvalue weighted by Gasteiger charge is 2.31. The van der Waals surface area contributed by atoms with E-state index in [-0.39, 0.29) is 23.8 Å². The second-order valence-corrected chi connectivity index (χ2v) is 7.72. The second kappa shape index (κ2) is 10.3. The Morgan fingerprint density at radius 1 is 1.23 bits per heavy atom. The molecule has 0 fully saturated rings. The van der Waals surface area contributed by atoms with Gasteiger partial charge in [-0.05, 0) is 30.2 Å². The Bertz CT molecular complexity index is 869. The van der Waals surface area contributed by atoms with Gasteiger partial charge in [0, 0.05) is 25.1 Å². The van der Waals surface area contributed by atoms with Crippen molar-refractivity contribution in [3.63, 3.8) is 0 Å². The summed E-state index contributed by atoms with van der Waals surface area (Å²) in [6, 6.07) is 4.85. The van der Waals surface area contributed by atoms with Crippen molar-refractivity contribution in [2.75, 3.05) is 11.1 Å². The molecule has 0 aliphatic carbocycles. The van der Waals surface area contributed by atoms with Crippen molar-refractivity contribution >= 4 is 29.3 Å². The van der Waals surface area contributed by atoms with Crippen LogP contribution in [0.1, 0.15) is 26.1 Å². The van der Waals surface area contributed by atoms with Crippen molar-refractivity contribution in [3.05, 3.63) is 30.1 Å². The number of primary amides is 1. The number of carbonyl (C=O) groups excluding carboxylic acids is 2. The zero-order valence-electron chi connectivity index (χ0n) is 16.4. The largest absolute Gasteiger partial charge is 0.573 e. The molecule has 3 N–H and O–H groups in total. The van der Waals surface area contributed by atoms with Crippen LogP contribution in [0.25, 0.3) is 0 Å². The molecular formula is C18H22F3N5O3S. The number of nitrogens with one attached hydrogen (secondary N) is 1. The quantitative estimate of drug-likeness (QED) is 0.544. The number of hydrogen-bond donors (Lipinski definition) is 2. The standard InChI is InChI=1S/C18H22F3N5O3S/c1-11(2)9-26-15(8-7-14(22)27)24-25-17(26)30-10-16(28)23-12-3-5-13(6-4-12)29-18(19,20)21/h3-6,11H,7-10H2,1-2H3,(H2,22,27)(H,23,28). The number of carbonyl (C=O) groups is 2. The lowest BCUT2D eigenvalue weighted by molar-refractivity contribution is -0.274. The number of aryl methyl sites for hydroxylation is 1. The summed E-state index contributed by atoms with van der Waals surface area (Å²) < 4.78 is 42.2. The molecule has 1 aromatic carbocycles. The minimum atomic E-state index is -4.77. The number of benzene rings is 1. The van der Waals surface area contributed by atoms with Crippen molar-refractivity contribution in [3.8, 4) is 5.75 Å². The maximum Gasteiger partial charge on any atom is 0.573 e. The molecule has 0 atom stereocenters. The van der Waals surface area contributed by atoms with Crippen LogP contribution in [0.3, 0.4) is 0 Å². The van der Waals surface area contributed by atoms with E-state index < -0.39 is 12.3 Å². The average molecular weight is 445 g/mol. The van der Waals surface area contributed by atoms with E-state index >= 15 is 0 Å². The Morgan fingerprint density at radius 3 is 2.47 bits per heavy atom. The van der Waals surface area contributed by atoms with Crippen LogP contribution in [0.15, 0.2) is 29.4 Å². The van der Waals surface area contributed by atoms with E-state index in [1.165, 1.54) is 23.9 Å². The molecule has 0 aliphatic rings. The maximum atomic E-state index is 12.2. The van der Waals surface area contributed by atoms with E-state index in [4.69, 9.17) is 5.73 Å². The predicted octanol–water partition coefficient (Wildman–Crippen LogP) is 2.98. The third-order valence-corrected chi connectivity index (χ3v) is 4.61. The molecule has 0 saturated heterocycles. The summed E-state index contributed by atoms with van der Waals surface area (Å²) in [5.41, 5.74) is 5.53. The van der Waals surface area contributed by atoms with Crippen molar-refractivity contribution in [1.82, 2.24) is 14.8 Å². The Balaban J connectivity index is 1.96. The monoisotopic (exact) mass is 445 g/mol. The lowest BCUT2D eigenvalue weighted by atomic mass is 10.2. The molecule has 12 heteroatoms. The molecule has 1 aromatic heterocycles. The fourth-order valence-corrected chi connectivity index (χ4v) is 3.23. The van der Waals surface area contributed by atoms with Gasteiger partial charge in [-0.1, -0.05) is 25.6 Å². The van der Waals surface area contributed by atoms with Crippen LogP contribution in [-0.2, 0) is 22.6 Å². The molecule has 2 aromatic rings. The summed E-state index contributed by atoms with van der Waals surface area (Å²) in [5.74, 6) is -0.242. The molecule has 1 heterocycles. The van der Waals surface area contributed by atoms with E-state index in [0.29, 0.717) is 35.6 Å². The lowest BCUT2D eigenvalue weighted by Crippen LogP contribution is -2.17. The normalized spacial score (nSPS) is 11.5. The third-order valence-electron chi connectivity index (χ3n) is 3.64. The number of nitrogens with two attached hydrogens (primary N) is 1. The number of anilines is 1. The topological polar surface area (TPSA) is 112 Å². The first-order chi connectivity index (χ1) is 14.0. The van der Waals surface area contributed by atoms with Gasteiger partial charge in [-0.25, -0.2) is 0 Å². The van der Waals surface area contributed by atoms with Gasteiger partial charge < -0.3 is 20.4 Å². The number of thioether (sulfide) groups is 1. The van der Waals surface area contributed by atoms with Gasteiger partial charge in [-0.2, -0.15) is 0 Å². The number of rotatable bonds is 10. The van der Waals surface area contributed by atoms with Crippen LogP contribution in [0.5, 0.6) is 5.75 Å². The van der Waals surface area contributed by atoms with Crippen molar-refractivity contribution in [2.45, 2.75) is 44.8 Å². The Labute approximate surface area is 175 Å². The van der Waals surface area contributed by atoms with E-state index in [1.807, 2.05) is 18.4 Å². The maximum absolute atomic E-state index is 12.2. The second-order valence-electron chi connectivity index (χ2n) is 6.78. The molecular weight excluding hydrogens is 423 g/mol. The number of nitrogens with zero attached hydrogens (tertiary/aromatic N) is 3. The average Bonchev–Trinajstić information content (AvgIpc) is 2.99. The van der Waals surface area contributed by atoms with E-state index in [1.54, 1.807) is 0 Å². The lowest BCUT2D eigenvalue weighted by Gasteiger charge is -2.12. The molecule has 0 saturated carbocycles. The molecule has 8 nitrogen and oxygen atoms in total. The first-order valence-corrected chi connectivity index (χ1v) is 10.0. The van der Waals surface area contributed by atoms with Gasteiger partial charge in [0.25, 0.3) is 0 Å². The Hall–Kier alpha value is -2.76. The van der Waals surface area contributed by atoms with Crippen LogP contribution >= 0.6 is 11.8 Å². The van der Waals surface area contributed by atoms with Gasteiger partial charge in [0.1, 0.15) is 11.6 Å². The number of halogens is 3. The van der Waals surface area contributed by atoms with Crippen molar-refractivity contribution in [1.29, 1.82) is 0 Å². The summed E-state index contributed by atoms with van der Waals surface area (Å²) in [4.78, 5) is 23.2. The Kier molecular flexibility index (Phi) is 8.09. The van der Waals surface area contributed by atoms with Gasteiger partial charge in [-0.15, -0.1) is 23.4 Å². The summed E-state index contributed by atoms with van der Waals surface area (Å²) in [5, 5.41) is 11.3. The molecule has 0 unspecified atom stereocenters. The number of alkyl halides is 3. The van der Waals surface area contributed by atoms with Gasteiger partial charge in [-0.3, -0.25) is 9.59 Å². The number of ether oxygens (including phenoxy) is 1. The summed E-state index contributed by atoms with van der Waals surface area (Å²) in [6.07, 6.45) is -4.27. The van der Waals surface area contributed by atoms with Crippen molar-refractivity contribution in [2.24, 2.45) is 11.7 Å². The van der Waals surface area contributed by atoms with Gasteiger partial charge in [0.15, 0.2) is 5.16 Å². The third kappa shape index (κ3) is 7.93. The molecule has 164 valence electrons. The highest BCUT2D eigenvalue weighted by atomic mass is 32.2. The highest BCUT2D eigenvalue weighted by Crippen LogP contribution is 2.24. The molecule has 2 amide bonds. The molecule has 0 spiro atoms. The van der Waals surface area contributed by atoms with E-state index in [2.05, 4.69) is 20.3 Å². The molecule has 0 aliphatic heterocycles. The first-order valence-electron chi connectivity index (χ1n) is 9.02.